The fourth-order valence-corrected chi connectivity index (χ4v) is 2.92. The first kappa shape index (κ1) is 19.9. The Morgan fingerprint density at radius 2 is 1.45 bits per heavy atom. The molecule has 146 valence electrons. The van der Waals surface area contributed by atoms with Crippen LogP contribution in [0.15, 0.2) is 73.1 Å². The molecule has 2 heterocycles. The minimum atomic E-state index is -0.812. The molecule has 0 aliphatic rings. The van der Waals surface area contributed by atoms with Crippen LogP contribution in [0.1, 0.15) is 24.0 Å². The summed E-state index contributed by atoms with van der Waals surface area (Å²) in [5.41, 5.74) is 3.39. The normalized spacial score (nSPS) is 11.5. The number of carboxylic acid groups (broad SMARTS) is 2. The SMILES string of the molecule is CC(C(=O)O)c1ccc2ncccc2c1.O=C(O)Cc1ccc2ncccc2c1. The van der Waals surface area contributed by atoms with Crippen molar-refractivity contribution in [3.05, 3.63) is 84.2 Å². The molecule has 6 heteroatoms. The lowest BCUT2D eigenvalue weighted by Gasteiger charge is -2.07. The highest BCUT2D eigenvalue weighted by molar-refractivity contribution is 5.82. The van der Waals surface area contributed by atoms with Crippen LogP contribution in [0.4, 0.5) is 0 Å². The van der Waals surface area contributed by atoms with Crippen LogP contribution in [0, 0.1) is 0 Å². The maximum absolute atomic E-state index is 10.8. The van der Waals surface area contributed by atoms with Crippen LogP contribution in [0.5, 0.6) is 0 Å². The van der Waals surface area contributed by atoms with Crippen molar-refractivity contribution in [2.24, 2.45) is 0 Å². The summed E-state index contributed by atoms with van der Waals surface area (Å²) >= 11 is 0. The first-order chi connectivity index (χ1) is 13.9. The monoisotopic (exact) mass is 388 g/mol. The molecule has 0 fully saturated rings. The van der Waals surface area contributed by atoms with Gasteiger partial charge in [0, 0.05) is 23.2 Å². The molecule has 0 saturated heterocycles. The van der Waals surface area contributed by atoms with Crippen molar-refractivity contribution in [2.75, 3.05) is 0 Å². The largest absolute Gasteiger partial charge is 0.481 e. The van der Waals surface area contributed by atoms with E-state index >= 15 is 0 Å². The first-order valence-electron chi connectivity index (χ1n) is 9.07. The molecule has 29 heavy (non-hydrogen) atoms. The van der Waals surface area contributed by atoms with Gasteiger partial charge in [0.2, 0.25) is 0 Å². The lowest BCUT2D eigenvalue weighted by molar-refractivity contribution is -0.138. The number of nitrogens with zero attached hydrogens (tertiary/aromatic N) is 2. The predicted molar refractivity (Wildman–Crippen MR) is 111 cm³/mol. The molecule has 1 unspecified atom stereocenters. The maximum atomic E-state index is 10.8. The van der Waals surface area contributed by atoms with E-state index in [9.17, 15) is 9.59 Å². The lowest BCUT2D eigenvalue weighted by Crippen LogP contribution is -2.07. The van der Waals surface area contributed by atoms with Crippen molar-refractivity contribution in [3.8, 4) is 0 Å². The van der Waals surface area contributed by atoms with E-state index in [0.29, 0.717) is 0 Å². The third-order valence-corrected chi connectivity index (χ3v) is 4.52. The number of carbonyl (C=O) groups is 2. The van der Waals surface area contributed by atoms with Gasteiger partial charge < -0.3 is 10.2 Å². The van der Waals surface area contributed by atoms with Crippen LogP contribution >= 0.6 is 0 Å². The Kier molecular flexibility index (Phi) is 6.14. The van der Waals surface area contributed by atoms with E-state index < -0.39 is 17.9 Å². The highest BCUT2D eigenvalue weighted by Gasteiger charge is 2.13. The summed E-state index contributed by atoms with van der Waals surface area (Å²) in [7, 11) is 0. The summed E-state index contributed by atoms with van der Waals surface area (Å²) in [4.78, 5) is 29.6. The quantitative estimate of drug-likeness (QED) is 0.541. The van der Waals surface area contributed by atoms with Gasteiger partial charge in [0.25, 0.3) is 0 Å². The Balaban J connectivity index is 0.000000166. The molecule has 2 N–H and O–H groups in total. The Morgan fingerprint density at radius 1 is 0.862 bits per heavy atom. The summed E-state index contributed by atoms with van der Waals surface area (Å²) in [6.07, 6.45) is 3.51. The summed E-state index contributed by atoms with van der Waals surface area (Å²) in [5, 5.41) is 19.5. The van der Waals surface area contributed by atoms with E-state index in [0.717, 1.165) is 32.9 Å². The summed E-state index contributed by atoms with van der Waals surface area (Å²) < 4.78 is 0. The molecule has 0 aliphatic heterocycles. The molecule has 0 amide bonds. The van der Waals surface area contributed by atoms with Gasteiger partial charge in [0.05, 0.1) is 23.4 Å². The van der Waals surface area contributed by atoms with Crippen molar-refractivity contribution in [3.63, 3.8) is 0 Å². The third-order valence-electron chi connectivity index (χ3n) is 4.52. The molecule has 0 spiro atoms. The molecule has 0 saturated carbocycles. The Hall–Kier alpha value is -3.80. The van der Waals surface area contributed by atoms with Gasteiger partial charge in [-0.2, -0.15) is 0 Å². The second-order valence-electron chi connectivity index (χ2n) is 6.62. The molecular formula is C23H20N2O4. The topological polar surface area (TPSA) is 100 Å². The fourth-order valence-electron chi connectivity index (χ4n) is 2.92. The van der Waals surface area contributed by atoms with Gasteiger partial charge >= 0.3 is 11.9 Å². The number of pyridine rings is 2. The number of benzene rings is 2. The van der Waals surface area contributed by atoms with E-state index in [1.807, 2.05) is 54.6 Å². The summed E-state index contributed by atoms with van der Waals surface area (Å²) in [5.74, 6) is -2.10. The van der Waals surface area contributed by atoms with Crippen LogP contribution in [-0.2, 0) is 16.0 Å². The highest BCUT2D eigenvalue weighted by atomic mass is 16.4. The summed E-state index contributed by atoms with van der Waals surface area (Å²) in [6.45, 7) is 1.68. The van der Waals surface area contributed by atoms with Gasteiger partial charge in [-0.3, -0.25) is 19.6 Å². The van der Waals surface area contributed by atoms with Crippen molar-refractivity contribution in [1.82, 2.24) is 9.97 Å². The molecule has 0 bridgehead atoms. The van der Waals surface area contributed by atoms with E-state index in [1.54, 1.807) is 25.4 Å². The second kappa shape index (κ2) is 8.93. The zero-order valence-corrected chi connectivity index (χ0v) is 15.8. The molecule has 0 aliphatic carbocycles. The van der Waals surface area contributed by atoms with Gasteiger partial charge in [-0.1, -0.05) is 24.3 Å². The molecule has 4 rings (SSSR count). The number of aromatic nitrogens is 2. The molecule has 2 aromatic heterocycles. The molecular weight excluding hydrogens is 368 g/mol. The minimum absolute atomic E-state index is 0.0604. The van der Waals surface area contributed by atoms with Crippen molar-refractivity contribution in [2.45, 2.75) is 19.3 Å². The minimum Gasteiger partial charge on any atom is -0.481 e. The van der Waals surface area contributed by atoms with Crippen LogP contribution in [-0.4, -0.2) is 32.1 Å². The number of hydrogen-bond acceptors (Lipinski definition) is 4. The van der Waals surface area contributed by atoms with Crippen molar-refractivity contribution in [1.29, 1.82) is 0 Å². The average molecular weight is 388 g/mol. The predicted octanol–water partition coefficient (Wildman–Crippen LogP) is 4.28. The van der Waals surface area contributed by atoms with Gasteiger partial charge in [-0.05, 0) is 54.4 Å². The number of aliphatic carboxylic acids is 2. The smallest absolute Gasteiger partial charge is 0.310 e. The third kappa shape index (κ3) is 5.13. The van der Waals surface area contributed by atoms with Gasteiger partial charge in [-0.15, -0.1) is 0 Å². The molecule has 0 radical (unpaired) electrons. The van der Waals surface area contributed by atoms with Crippen LogP contribution in [0.25, 0.3) is 21.8 Å². The number of fused-ring (bicyclic) bond motifs is 2. The zero-order chi connectivity index (χ0) is 20.8. The van der Waals surface area contributed by atoms with Crippen LogP contribution in [0.2, 0.25) is 0 Å². The average Bonchev–Trinajstić information content (AvgIpc) is 2.72. The van der Waals surface area contributed by atoms with E-state index in [-0.39, 0.29) is 6.42 Å². The van der Waals surface area contributed by atoms with E-state index in [1.165, 1.54) is 0 Å². The fraction of sp³-hybridized carbons (Fsp3) is 0.130. The number of rotatable bonds is 4. The lowest BCUT2D eigenvalue weighted by atomic mass is 10.00. The zero-order valence-electron chi connectivity index (χ0n) is 15.8. The Morgan fingerprint density at radius 3 is 2.03 bits per heavy atom. The first-order valence-corrected chi connectivity index (χ1v) is 9.07. The van der Waals surface area contributed by atoms with E-state index in [4.69, 9.17) is 10.2 Å². The Labute approximate surface area is 167 Å². The molecule has 6 nitrogen and oxygen atoms in total. The van der Waals surface area contributed by atoms with Crippen molar-refractivity contribution < 1.29 is 19.8 Å². The highest BCUT2D eigenvalue weighted by Crippen LogP contribution is 2.20. The Bertz CT molecular complexity index is 1170. The van der Waals surface area contributed by atoms with Crippen molar-refractivity contribution >= 4 is 33.7 Å². The van der Waals surface area contributed by atoms with Crippen LogP contribution in [0.3, 0.4) is 0 Å². The molecule has 1 atom stereocenters. The summed E-state index contributed by atoms with van der Waals surface area (Å²) in [6, 6.07) is 18.6. The van der Waals surface area contributed by atoms with Crippen LogP contribution < -0.4 is 0 Å². The van der Waals surface area contributed by atoms with Gasteiger partial charge in [-0.25, -0.2) is 0 Å². The standard InChI is InChI=1S/C12H11NO2.C11H9NO2/c1-8(12(14)15)9-4-5-11-10(7-9)3-2-6-13-11;13-11(14)7-8-3-4-10-9(6-8)2-1-5-12-10/h2-8H,1H3,(H,14,15);1-6H,7H2,(H,13,14). The number of hydrogen-bond donors (Lipinski definition) is 2. The molecule has 4 aromatic rings. The molecule has 2 aromatic carbocycles. The van der Waals surface area contributed by atoms with Gasteiger partial charge in [0.1, 0.15) is 0 Å². The maximum Gasteiger partial charge on any atom is 0.310 e. The second-order valence-corrected chi connectivity index (χ2v) is 6.62. The van der Waals surface area contributed by atoms with E-state index in [2.05, 4.69) is 9.97 Å². The van der Waals surface area contributed by atoms with Gasteiger partial charge in [0.15, 0.2) is 0 Å². The number of carboxylic acids is 2.